The van der Waals surface area contributed by atoms with E-state index in [1.54, 1.807) is 18.2 Å². The van der Waals surface area contributed by atoms with Crippen molar-refractivity contribution in [2.75, 3.05) is 32.8 Å². The van der Waals surface area contributed by atoms with E-state index in [9.17, 15) is 9.59 Å². The second kappa shape index (κ2) is 11.9. The van der Waals surface area contributed by atoms with Gasteiger partial charge in [-0.2, -0.15) is 0 Å². The van der Waals surface area contributed by atoms with Crippen LogP contribution >= 0.6 is 0 Å². The Morgan fingerprint density at radius 3 is 2.24 bits per heavy atom. The number of para-hydroxylation sites is 1. The van der Waals surface area contributed by atoms with E-state index in [1.165, 1.54) is 0 Å². The Morgan fingerprint density at radius 1 is 0.931 bits per heavy atom. The number of nitrogens with zero attached hydrogens (tertiary/aromatic N) is 1. The number of nitrogens with one attached hydrogen (secondary N) is 2. The molecule has 2 aromatic carbocycles. The number of carbonyl (C=O) groups excluding carboxylic acids is 2. The van der Waals surface area contributed by atoms with Gasteiger partial charge < -0.3 is 15.4 Å². The molecule has 0 radical (unpaired) electrons. The van der Waals surface area contributed by atoms with E-state index >= 15 is 0 Å². The fourth-order valence-corrected chi connectivity index (χ4v) is 3.26. The molecule has 0 saturated heterocycles. The van der Waals surface area contributed by atoms with Gasteiger partial charge in [0.2, 0.25) is 5.91 Å². The molecule has 156 valence electrons. The lowest BCUT2D eigenvalue weighted by Crippen LogP contribution is -2.42. The van der Waals surface area contributed by atoms with Gasteiger partial charge >= 0.3 is 0 Å². The van der Waals surface area contributed by atoms with Crippen LogP contribution < -0.4 is 15.4 Å². The van der Waals surface area contributed by atoms with Crippen LogP contribution in [0.15, 0.2) is 54.6 Å². The lowest BCUT2D eigenvalue weighted by Gasteiger charge is -2.30. The van der Waals surface area contributed by atoms with Gasteiger partial charge in [0.25, 0.3) is 5.91 Å². The molecule has 6 nitrogen and oxygen atoms in total. The Balaban J connectivity index is 1.93. The molecule has 6 heteroatoms. The molecule has 0 aliphatic rings. The molecule has 0 aromatic heterocycles. The number of rotatable bonds is 11. The molecule has 0 aliphatic carbocycles. The van der Waals surface area contributed by atoms with E-state index in [2.05, 4.69) is 41.5 Å². The summed E-state index contributed by atoms with van der Waals surface area (Å²) in [6, 6.07) is 17.2. The van der Waals surface area contributed by atoms with Crippen molar-refractivity contribution in [3.05, 3.63) is 65.7 Å². The maximum atomic E-state index is 12.4. The Bertz CT molecular complexity index is 776. The quantitative estimate of drug-likeness (QED) is 0.612. The molecule has 2 N–H and O–H groups in total. The second-order valence-corrected chi connectivity index (χ2v) is 6.56. The fourth-order valence-electron chi connectivity index (χ4n) is 3.26. The Morgan fingerprint density at radius 2 is 1.59 bits per heavy atom. The fraction of sp³-hybridized carbons (Fsp3) is 0.391. The Hall–Kier alpha value is -2.86. The molecule has 29 heavy (non-hydrogen) atoms. The molecule has 0 aliphatic heterocycles. The maximum Gasteiger partial charge on any atom is 0.255 e. The monoisotopic (exact) mass is 397 g/mol. The second-order valence-electron chi connectivity index (χ2n) is 6.56. The molecular formula is C23H31N3O3. The summed E-state index contributed by atoms with van der Waals surface area (Å²) in [6.45, 7) is 8.72. The van der Waals surface area contributed by atoms with Crippen molar-refractivity contribution in [2.24, 2.45) is 0 Å². The summed E-state index contributed by atoms with van der Waals surface area (Å²) >= 11 is 0. The first-order chi connectivity index (χ1) is 14.1. The van der Waals surface area contributed by atoms with E-state index in [0.717, 1.165) is 18.7 Å². The van der Waals surface area contributed by atoms with Crippen LogP contribution in [-0.4, -0.2) is 49.5 Å². The molecule has 0 saturated carbocycles. The summed E-state index contributed by atoms with van der Waals surface area (Å²) < 4.78 is 5.48. The molecule has 0 spiro atoms. The lowest BCUT2D eigenvalue weighted by atomic mass is 10.1. The number of carbonyl (C=O) groups is 2. The highest BCUT2D eigenvalue weighted by Crippen LogP contribution is 2.19. The standard InChI is InChI=1S/C23H31N3O3/c1-4-26(5-2)20(18-12-8-7-9-13-18)16-24-22(27)17-25-23(28)19-14-10-11-15-21(19)29-6-3/h7-15,20H,4-6,16-17H2,1-3H3,(H,24,27)(H,25,28). The SMILES string of the molecule is CCOc1ccccc1C(=O)NCC(=O)NCC(c1ccccc1)N(CC)CC. The van der Waals surface area contributed by atoms with Gasteiger partial charge in [-0.05, 0) is 37.7 Å². The first-order valence-electron chi connectivity index (χ1n) is 10.2. The van der Waals surface area contributed by atoms with E-state index < -0.39 is 0 Å². The van der Waals surface area contributed by atoms with Crippen molar-refractivity contribution in [3.8, 4) is 5.75 Å². The molecule has 1 atom stereocenters. The molecule has 1 unspecified atom stereocenters. The van der Waals surface area contributed by atoms with Crippen molar-refractivity contribution < 1.29 is 14.3 Å². The van der Waals surface area contributed by atoms with Gasteiger partial charge in [0.05, 0.1) is 24.8 Å². The van der Waals surface area contributed by atoms with Crippen molar-refractivity contribution in [1.29, 1.82) is 0 Å². The van der Waals surface area contributed by atoms with Gasteiger partial charge in [0.15, 0.2) is 0 Å². The zero-order valence-electron chi connectivity index (χ0n) is 17.5. The zero-order chi connectivity index (χ0) is 21.1. The molecule has 2 amide bonds. The van der Waals surface area contributed by atoms with Gasteiger partial charge in [-0.15, -0.1) is 0 Å². The van der Waals surface area contributed by atoms with E-state index in [0.29, 0.717) is 24.5 Å². The third kappa shape index (κ3) is 6.61. The van der Waals surface area contributed by atoms with Crippen LogP contribution in [0, 0.1) is 0 Å². The van der Waals surface area contributed by atoms with Crippen LogP contribution in [0.5, 0.6) is 5.75 Å². The summed E-state index contributed by atoms with van der Waals surface area (Å²) in [4.78, 5) is 27.1. The molecule has 2 rings (SSSR count). The van der Waals surface area contributed by atoms with E-state index in [1.807, 2.05) is 31.2 Å². The number of benzene rings is 2. The average molecular weight is 398 g/mol. The molecule has 0 bridgehead atoms. The summed E-state index contributed by atoms with van der Waals surface area (Å²) in [5.74, 6) is -0.0357. The minimum Gasteiger partial charge on any atom is -0.493 e. The minimum absolute atomic E-state index is 0.0843. The highest BCUT2D eigenvalue weighted by atomic mass is 16.5. The van der Waals surface area contributed by atoms with Crippen LogP contribution in [0.25, 0.3) is 0 Å². The van der Waals surface area contributed by atoms with Crippen molar-refractivity contribution >= 4 is 11.8 Å². The first-order valence-corrected chi connectivity index (χ1v) is 10.2. The predicted molar refractivity (Wildman–Crippen MR) is 115 cm³/mol. The van der Waals surface area contributed by atoms with Crippen LogP contribution in [0.2, 0.25) is 0 Å². The Labute approximate surface area is 173 Å². The number of hydrogen-bond donors (Lipinski definition) is 2. The summed E-state index contributed by atoms with van der Waals surface area (Å²) in [6.07, 6.45) is 0. The van der Waals surface area contributed by atoms with Crippen molar-refractivity contribution in [1.82, 2.24) is 15.5 Å². The maximum absolute atomic E-state index is 12.4. The van der Waals surface area contributed by atoms with Gasteiger partial charge in [0, 0.05) is 6.54 Å². The summed E-state index contributed by atoms with van der Waals surface area (Å²) in [5, 5.41) is 5.62. The predicted octanol–water partition coefficient (Wildman–Crippen LogP) is 3.01. The van der Waals surface area contributed by atoms with E-state index in [-0.39, 0.29) is 24.4 Å². The van der Waals surface area contributed by atoms with Crippen molar-refractivity contribution in [3.63, 3.8) is 0 Å². The van der Waals surface area contributed by atoms with Crippen molar-refractivity contribution in [2.45, 2.75) is 26.8 Å². The number of amides is 2. The smallest absolute Gasteiger partial charge is 0.255 e. The molecule has 2 aromatic rings. The minimum atomic E-state index is -0.326. The Kier molecular flexibility index (Phi) is 9.18. The third-order valence-electron chi connectivity index (χ3n) is 4.77. The highest BCUT2D eigenvalue weighted by Gasteiger charge is 2.19. The lowest BCUT2D eigenvalue weighted by molar-refractivity contribution is -0.120. The zero-order valence-corrected chi connectivity index (χ0v) is 17.5. The summed E-state index contributed by atoms with van der Waals surface area (Å²) in [7, 11) is 0. The number of ether oxygens (including phenoxy) is 1. The van der Waals surface area contributed by atoms with Gasteiger partial charge in [0.1, 0.15) is 5.75 Å². The topological polar surface area (TPSA) is 70.7 Å². The third-order valence-corrected chi connectivity index (χ3v) is 4.77. The van der Waals surface area contributed by atoms with Gasteiger partial charge in [-0.25, -0.2) is 0 Å². The first kappa shape index (κ1) is 22.4. The molecule has 0 heterocycles. The van der Waals surface area contributed by atoms with Gasteiger partial charge in [-0.3, -0.25) is 14.5 Å². The molecule has 0 fully saturated rings. The van der Waals surface area contributed by atoms with Crippen LogP contribution in [0.4, 0.5) is 0 Å². The van der Waals surface area contributed by atoms with Crippen LogP contribution in [0.1, 0.15) is 42.7 Å². The van der Waals surface area contributed by atoms with Crippen LogP contribution in [0.3, 0.4) is 0 Å². The average Bonchev–Trinajstić information content (AvgIpc) is 2.76. The largest absolute Gasteiger partial charge is 0.493 e. The van der Waals surface area contributed by atoms with Gasteiger partial charge in [-0.1, -0.05) is 56.3 Å². The number of likely N-dealkylation sites (N-methyl/N-ethyl adjacent to an activating group) is 1. The summed E-state index contributed by atoms with van der Waals surface area (Å²) in [5.41, 5.74) is 1.58. The number of hydrogen-bond acceptors (Lipinski definition) is 4. The molecular weight excluding hydrogens is 366 g/mol. The van der Waals surface area contributed by atoms with Crippen LogP contribution in [-0.2, 0) is 4.79 Å². The highest BCUT2D eigenvalue weighted by molar-refractivity contribution is 5.98. The normalized spacial score (nSPS) is 11.7. The van der Waals surface area contributed by atoms with E-state index in [4.69, 9.17) is 4.74 Å².